The SMILES string of the molecule is N#CNC1=Nc2ccc(Cl)cc2[C@@](OCC2CC2)(C(F)(F)F)C=N1. The second-order valence-electron chi connectivity index (χ2n) is 5.58. The number of hydrogen-bond donors (Lipinski definition) is 1. The quantitative estimate of drug-likeness (QED) is 0.663. The average Bonchev–Trinajstić information content (AvgIpc) is 3.32. The van der Waals surface area contributed by atoms with Gasteiger partial charge >= 0.3 is 6.18 Å². The van der Waals surface area contributed by atoms with Crippen LogP contribution in [0, 0.1) is 17.4 Å². The molecule has 0 spiro atoms. The number of guanidine groups is 1. The third-order valence-corrected chi connectivity index (χ3v) is 4.02. The second kappa shape index (κ2) is 6.07. The number of nitriles is 1. The Labute approximate surface area is 140 Å². The number of nitrogens with zero attached hydrogens (tertiary/aromatic N) is 3. The van der Waals surface area contributed by atoms with E-state index in [9.17, 15) is 13.2 Å². The molecule has 1 fully saturated rings. The van der Waals surface area contributed by atoms with Crippen molar-refractivity contribution in [1.29, 1.82) is 5.26 Å². The molecule has 0 aromatic heterocycles. The Morgan fingerprint density at radius 1 is 1.42 bits per heavy atom. The molecule has 1 aromatic rings. The first kappa shape index (κ1) is 16.7. The van der Waals surface area contributed by atoms with Crippen LogP contribution in [0.4, 0.5) is 18.9 Å². The van der Waals surface area contributed by atoms with Gasteiger partial charge in [-0.3, -0.25) is 5.32 Å². The van der Waals surface area contributed by atoms with E-state index < -0.39 is 11.8 Å². The van der Waals surface area contributed by atoms with Gasteiger partial charge in [0.05, 0.1) is 18.5 Å². The van der Waals surface area contributed by atoms with Crippen LogP contribution in [0.5, 0.6) is 0 Å². The van der Waals surface area contributed by atoms with Gasteiger partial charge in [0.15, 0.2) is 6.19 Å². The average molecular weight is 357 g/mol. The number of rotatable bonds is 3. The van der Waals surface area contributed by atoms with E-state index in [-0.39, 0.29) is 34.8 Å². The lowest BCUT2D eigenvalue weighted by atomic mass is 9.92. The van der Waals surface area contributed by atoms with Crippen LogP contribution in [-0.2, 0) is 10.3 Å². The summed E-state index contributed by atoms with van der Waals surface area (Å²) in [6.07, 6.45) is -0.868. The maximum absolute atomic E-state index is 14.0. The summed E-state index contributed by atoms with van der Waals surface area (Å²) in [6, 6.07) is 3.93. The number of hydrogen-bond acceptors (Lipinski definition) is 5. The van der Waals surface area contributed by atoms with E-state index >= 15 is 0 Å². The van der Waals surface area contributed by atoms with E-state index in [1.54, 1.807) is 6.19 Å². The highest BCUT2D eigenvalue weighted by Gasteiger charge is 2.58. The molecule has 1 N–H and O–H groups in total. The molecule has 1 atom stereocenters. The fourth-order valence-corrected chi connectivity index (χ4v) is 2.51. The van der Waals surface area contributed by atoms with Crippen LogP contribution in [0.3, 0.4) is 0 Å². The third-order valence-electron chi connectivity index (χ3n) is 3.79. The molecule has 1 saturated carbocycles. The maximum Gasteiger partial charge on any atom is 0.427 e. The van der Waals surface area contributed by atoms with Gasteiger partial charge in [-0.25, -0.2) is 9.98 Å². The number of benzene rings is 1. The fourth-order valence-electron chi connectivity index (χ4n) is 2.33. The molecule has 1 heterocycles. The molecule has 0 amide bonds. The number of ether oxygens (including phenoxy) is 1. The van der Waals surface area contributed by atoms with Crippen molar-refractivity contribution >= 4 is 29.5 Å². The zero-order valence-electron chi connectivity index (χ0n) is 12.3. The molecule has 1 aromatic carbocycles. The highest BCUT2D eigenvalue weighted by Crippen LogP contribution is 2.47. The van der Waals surface area contributed by atoms with Crippen LogP contribution >= 0.6 is 11.6 Å². The molecule has 5 nitrogen and oxygen atoms in total. The van der Waals surface area contributed by atoms with Gasteiger partial charge in [-0.1, -0.05) is 11.6 Å². The van der Waals surface area contributed by atoms with E-state index in [4.69, 9.17) is 21.6 Å². The Balaban J connectivity index is 2.15. The number of alkyl halides is 3. The summed E-state index contributed by atoms with van der Waals surface area (Å²) in [7, 11) is 0. The first-order valence-electron chi connectivity index (χ1n) is 7.15. The van der Waals surface area contributed by atoms with Crippen LogP contribution in [0.15, 0.2) is 28.2 Å². The molecule has 3 rings (SSSR count). The van der Waals surface area contributed by atoms with Crippen molar-refractivity contribution in [2.24, 2.45) is 15.9 Å². The van der Waals surface area contributed by atoms with E-state index in [0.717, 1.165) is 12.8 Å². The predicted molar refractivity (Wildman–Crippen MR) is 82.2 cm³/mol. The van der Waals surface area contributed by atoms with Crippen molar-refractivity contribution in [2.75, 3.05) is 6.61 Å². The molecule has 2 aliphatic rings. The molecule has 0 unspecified atom stereocenters. The number of aliphatic imine (C=N–C) groups is 2. The van der Waals surface area contributed by atoms with Crippen molar-refractivity contribution < 1.29 is 17.9 Å². The van der Waals surface area contributed by atoms with Gasteiger partial charge in [0.1, 0.15) is 0 Å². The lowest BCUT2D eigenvalue weighted by Gasteiger charge is -2.33. The topological polar surface area (TPSA) is 69.8 Å². The Hall–Kier alpha value is -2.11. The van der Waals surface area contributed by atoms with Crippen molar-refractivity contribution in [2.45, 2.75) is 24.6 Å². The van der Waals surface area contributed by atoms with Gasteiger partial charge in [0.2, 0.25) is 11.6 Å². The first-order valence-corrected chi connectivity index (χ1v) is 7.53. The summed E-state index contributed by atoms with van der Waals surface area (Å²) in [5, 5.41) is 11.0. The second-order valence-corrected chi connectivity index (χ2v) is 6.02. The summed E-state index contributed by atoms with van der Waals surface area (Å²) in [5.41, 5.74) is -3.03. The summed E-state index contributed by atoms with van der Waals surface area (Å²) in [4.78, 5) is 7.65. The van der Waals surface area contributed by atoms with E-state index in [2.05, 4.69) is 15.3 Å². The van der Waals surface area contributed by atoms with Crippen LogP contribution in [0.1, 0.15) is 18.4 Å². The minimum Gasteiger partial charge on any atom is -0.356 e. The van der Waals surface area contributed by atoms with Crippen LogP contribution in [-0.4, -0.2) is 25.0 Å². The van der Waals surface area contributed by atoms with Gasteiger partial charge in [-0.05, 0) is 37.0 Å². The first-order chi connectivity index (χ1) is 11.4. The Morgan fingerprint density at radius 3 is 2.79 bits per heavy atom. The summed E-state index contributed by atoms with van der Waals surface area (Å²) in [5.74, 6) is -0.136. The van der Waals surface area contributed by atoms with Crippen molar-refractivity contribution in [1.82, 2.24) is 5.32 Å². The van der Waals surface area contributed by atoms with Crippen LogP contribution < -0.4 is 5.32 Å². The Morgan fingerprint density at radius 2 is 2.17 bits per heavy atom. The van der Waals surface area contributed by atoms with Crippen LogP contribution in [0.25, 0.3) is 0 Å². The molecule has 1 aliphatic heterocycles. The van der Waals surface area contributed by atoms with E-state index in [0.29, 0.717) is 6.21 Å². The van der Waals surface area contributed by atoms with Crippen molar-refractivity contribution in [3.63, 3.8) is 0 Å². The Bertz CT molecular complexity index is 752. The normalized spacial score (nSPS) is 23.0. The highest BCUT2D eigenvalue weighted by molar-refractivity contribution is 6.30. The molecule has 0 radical (unpaired) electrons. The molecule has 9 heteroatoms. The molecular formula is C15H12ClF3N4O. The van der Waals surface area contributed by atoms with Gasteiger partial charge in [-0.15, -0.1) is 0 Å². The molecular weight excluding hydrogens is 345 g/mol. The number of halogens is 4. The van der Waals surface area contributed by atoms with Crippen molar-refractivity contribution in [3.05, 3.63) is 28.8 Å². The molecule has 24 heavy (non-hydrogen) atoms. The summed E-state index contributed by atoms with van der Waals surface area (Å²) >= 11 is 5.90. The van der Waals surface area contributed by atoms with Crippen LogP contribution in [0.2, 0.25) is 5.02 Å². The zero-order valence-corrected chi connectivity index (χ0v) is 13.0. The van der Waals surface area contributed by atoms with Gasteiger partial charge in [0.25, 0.3) is 0 Å². The number of nitrogens with one attached hydrogen (secondary N) is 1. The zero-order chi connectivity index (χ0) is 17.4. The molecule has 0 saturated heterocycles. The fraction of sp³-hybridized carbons (Fsp3) is 0.400. The Kier molecular flexibility index (Phi) is 4.24. The monoisotopic (exact) mass is 356 g/mol. The third kappa shape index (κ3) is 3.09. The smallest absolute Gasteiger partial charge is 0.356 e. The lowest BCUT2D eigenvalue weighted by molar-refractivity contribution is -0.252. The highest BCUT2D eigenvalue weighted by atomic mass is 35.5. The summed E-state index contributed by atoms with van der Waals surface area (Å²) < 4.78 is 47.3. The lowest BCUT2D eigenvalue weighted by Crippen LogP contribution is -2.47. The van der Waals surface area contributed by atoms with E-state index in [1.807, 2.05) is 0 Å². The van der Waals surface area contributed by atoms with Gasteiger partial charge in [0, 0.05) is 10.6 Å². The minimum absolute atomic E-state index is 0.0113. The molecule has 0 bridgehead atoms. The number of fused-ring (bicyclic) bond motifs is 1. The largest absolute Gasteiger partial charge is 0.427 e. The van der Waals surface area contributed by atoms with Crippen molar-refractivity contribution in [3.8, 4) is 6.19 Å². The van der Waals surface area contributed by atoms with Gasteiger partial charge < -0.3 is 4.74 Å². The minimum atomic E-state index is -4.78. The molecule has 1 aliphatic carbocycles. The maximum atomic E-state index is 14.0. The predicted octanol–water partition coefficient (Wildman–Crippen LogP) is 3.67. The molecule has 126 valence electrons. The standard InChI is InChI=1S/C15H12ClF3N4O/c16-10-3-4-12-11(5-10)14(15(17,18)19,24-6-9-1-2-9)7-21-13(23-12)22-8-20/h3-5,7,9H,1-2,6H2,(H,22,23)/t14-/m1/s1. The van der Waals surface area contributed by atoms with Gasteiger partial charge in [-0.2, -0.15) is 18.4 Å². The van der Waals surface area contributed by atoms with E-state index in [1.165, 1.54) is 18.2 Å². The summed E-state index contributed by atoms with van der Waals surface area (Å²) in [6.45, 7) is -0.0432.